The summed E-state index contributed by atoms with van der Waals surface area (Å²) < 4.78 is 6.83. The van der Waals surface area contributed by atoms with E-state index in [0.717, 1.165) is 5.69 Å². The molecule has 0 bridgehead atoms. The highest BCUT2D eigenvalue weighted by atomic mass is 16.5. The topological polar surface area (TPSA) is 27.1 Å². The lowest BCUT2D eigenvalue weighted by molar-refractivity contribution is 0.413. The highest BCUT2D eigenvalue weighted by Gasteiger charge is 1.97. The second-order valence-electron chi connectivity index (χ2n) is 2.57. The molecule has 0 N–H and O–H groups in total. The van der Waals surface area contributed by atoms with Crippen molar-refractivity contribution >= 4 is 0 Å². The Bertz CT molecular complexity index is 382. The van der Waals surface area contributed by atoms with E-state index in [9.17, 15) is 0 Å². The molecule has 1 radical (unpaired) electrons. The van der Waals surface area contributed by atoms with Crippen LogP contribution in [0.15, 0.2) is 36.7 Å². The first kappa shape index (κ1) is 7.86. The van der Waals surface area contributed by atoms with Gasteiger partial charge in [-0.3, -0.25) is 0 Å². The summed E-state index contributed by atoms with van der Waals surface area (Å²) in [5, 5.41) is 4.11. The Morgan fingerprint density at radius 1 is 1.54 bits per heavy atom. The van der Waals surface area contributed by atoms with E-state index in [0.29, 0.717) is 5.75 Å². The normalized spacial score (nSPS) is 9.92. The summed E-state index contributed by atoms with van der Waals surface area (Å²) in [4.78, 5) is 0. The van der Waals surface area contributed by atoms with Crippen LogP contribution in [0.2, 0.25) is 0 Å². The van der Waals surface area contributed by atoms with E-state index in [1.807, 2.05) is 30.5 Å². The van der Waals surface area contributed by atoms with E-state index in [4.69, 9.17) is 4.74 Å². The summed E-state index contributed by atoms with van der Waals surface area (Å²) in [6, 6.07) is 10.5. The lowest BCUT2D eigenvalue weighted by Crippen LogP contribution is -1.94. The Kier molecular flexibility index (Phi) is 2.00. The molecule has 0 atom stereocenters. The Balaban J connectivity index is 2.41. The average molecular weight is 173 g/mol. The van der Waals surface area contributed by atoms with Crippen molar-refractivity contribution in [2.45, 2.75) is 0 Å². The fourth-order valence-electron chi connectivity index (χ4n) is 1.12. The van der Waals surface area contributed by atoms with Crippen molar-refractivity contribution in [3.05, 3.63) is 42.7 Å². The largest absolute Gasteiger partial charge is 0.496 e. The summed E-state index contributed by atoms with van der Waals surface area (Å²) in [6.07, 6.45) is 3.62. The molecule has 2 rings (SSSR count). The minimum absolute atomic E-state index is 0.716. The zero-order valence-corrected chi connectivity index (χ0v) is 7.27. The fraction of sp³-hybridized carbons (Fsp3) is 0.100. The zero-order chi connectivity index (χ0) is 9.10. The molecule has 0 saturated carbocycles. The molecule has 0 aliphatic carbocycles. The number of ether oxygens (including phenoxy) is 1. The summed E-state index contributed by atoms with van der Waals surface area (Å²) in [6.45, 7) is 0. The number of aromatic nitrogens is 2. The molecule has 0 spiro atoms. The predicted molar refractivity (Wildman–Crippen MR) is 49.0 cm³/mol. The molecule has 0 unspecified atom stereocenters. The summed E-state index contributed by atoms with van der Waals surface area (Å²) in [5.41, 5.74) is 0.973. The maximum Gasteiger partial charge on any atom is 0.128 e. The van der Waals surface area contributed by atoms with Gasteiger partial charge >= 0.3 is 0 Å². The van der Waals surface area contributed by atoms with Gasteiger partial charge < -0.3 is 4.74 Å². The lowest BCUT2D eigenvalue weighted by Gasteiger charge is -2.03. The fourth-order valence-corrected chi connectivity index (χ4v) is 1.12. The number of hydrogen-bond acceptors (Lipinski definition) is 2. The van der Waals surface area contributed by atoms with E-state index in [1.54, 1.807) is 18.0 Å². The Labute approximate surface area is 76.6 Å². The molecule has 1 aromatic carbocycles. The molecule has 0 saturated heterocycles. The van der Waals surface area contributed by atoms with Crippen molar-refractivity contribution in [2.75, 3.05) is 7.11 Å². The first-order valence-corrected chi connectivity index (χ1v) is 3.96. The highest BCUT2D eigenvalue weighted by molar-refractivity contribution is 5.37. The predicted octanol–water partition coefficient (Wildman–Crippen LogP) is 1.68. The van der Waals surface area contributed by atoms with Crippen LogP contribution in [-0.2, 0) is 0 Å². The summed E-state index contributed by atoms with van der Waals surface area (Å²) >= 11 is 0. The number of methoxy groups -OCH3 is 1. The van der Waals surface area contributed by atoms with E-state index < -0.39 is 0 Å². The molecule has 1 heterocycles. The summed E-state index contributed by atoms with van der Waals surface area (Å²) in [7, 11) is 1.62. The Hall–Kier alpha value is -1.77. The smallest absolute Gasteiger partial charge is 0.128 e. The molecule has 65 valence electrons. The van der Waals surface area contributed by atoms with Gasteiger partial charge in [0.2, 0.25) is 0 Å². The maximum absolute atomic E-state index is 5.06. The van der Waals surface area contributed by atoms with Crippen LogP contribution in [-0.4, -0.2) is 16.9 Å². The van der Waals surface area contributed by atoms with Gasteiger partial charge in [-0.25, -0.2) is 4.68 Å². The van der Waals surface area contributed by atoms with Crippen molar-refractivity contribution < 1.29 is 4.74 Å². The van der Waals surface area contributed by atoms with Crippen molar-refractivity contribution in [1.82, 2.24) is 9.78 Å². The Morgan fingerprint density at radius 2 is 2.46 bits per heavy atom. The quantitative estimate of drug-likeness (QED) is 0.690. The van der Waals surface area contributed by atoms with Gasteiger partial charge in [0.05, 0.1) is 12.8 Å². The second-order valence-corrected chi connectivity index (χ2v) is 2.57. The SMILES string of the molecule is COc1[c]ccc(-n2cccn2)c1. The molecule has 0 aliphatic heterocycles. The van der Waals surface area contributed by atoms with Gasteiger partial charge in [0, 0.05) is 24.5 Å². The molecule has 0 fully saturated rings. The zero-order valence-electron chi connectivity index (χ0n) is 7.27. The Morgan fingerprint density at radius 3 is 3.15 bits per heavy atom. The van der Waals surface area contributed by atoms with Crippen LogP contribution >= 0.6 is 0 Å². The van der Waals surface area contributed by atoms with Crippen LogP contribution in [0.4, 0.5) is 0 Å². The molecule has 1 aromatic heterocycles. The van der Waals surface area contributed by atoms with Gasteiger partial charge in [0.15, 0.2) is 0 Å². The molecule has 3 nitrogen and oxygen atoms in total. The molecular weight excluding hydrogens is 164 g/mol. The second kappa shape index (κ2) is 3.31. The summed E-state index contributed by atoms with van der Waals surface area (Å²) in [5.74, 6) is 0.716. The molecular formula is C10H9N2O. The van der Waals surface area contributed by atoms with Crippen LogP contribution in [0, 0.1) is 6.07 Å². The van der Waals surface area contributed by atoms with Crippen LogP contribution in [0.1, 0.15) is 0 Å². The van der Waals surface area contributed by atoms with Crippen molar-refractivity contribution in [3.8, 4) is 11.4 Å². The van der Waals surface area contributed by atoms with Gasteiger partial charge in [-0.1, -0.05) is 0 Å². The number of nitrogens with zero attached hydrogens (tertiary/aromatic N) is 2. The van der Waals surface area contributed by atoms with E-state index >= 15 is 0 Å². The van der Waals surface area contributed by atoms with Gasteiger partial charge in [-0.2, -0.15) is 5.10 Å². The standard InChI is InChI=1S/C10H9N2O/c1-13-10-5-2-4-9(8-10)12-7-3-6-11-12/h2-4,6-8H,1H3. The molecule has 2 aromatic rings. The third-order valence-electron chi connectivity index (χ3n) is 1.75. The van der Waals surface area contributed by atoms with E-state index in [2.05, 4.69) is 11.2 Å². The van der Waals surface area contributed by atoms with E-state index in [-0.39, 0.29) is 0 Å². The van der Waals surface area contributed by atoms with Gasteiger partial charge in [-0.05, 0) is 18.2 Å². The first-order chi connectivity index (χ1) is 6.40. The highest BCUT2D eigenvalue weighted by Crippen LogP contribution is 2.14. The monoisotopic (exact) mass is 173 g/mol. The van der Waals surface area contributed by atoms with E-state index in [1.165, 1.54) is 0 Å². The molecule has 3 heteroatoms. The maximum atomic E-state index is 5.06. The number of hydrogen-bond donors (Lipinski definition) is 0. The van der Waals surface area contributed by atoms with Crippen LogP contribution < -0.4 is 4.74 Å². The lowest BCUT2D eigenvalue weighted by atomic mass is 10.3. The third-order valence-corrected chi connectivity index (χ3v) is 1.75. The number of rotatable bonds is 2. The number of benzene rings is 1. The molecule has 0 aliphatic rings. The van der Waals surface area contributed by atoms with Crippen molar-refractivity contribution in [3.63, 3.8) is 0 Å². The van der Waals surface area contributed by atoms with Crippen LogP contribution in [0.3, 0.4) is 0 Å². The van der Waals surface area contributed by atoms with Gasteiger partial charge in [0.1, 0.15) is 5.75 Å². The third kappa shape index (κ3) is 1.54. The van der Waals surface area contributed by atoms with Crippen LogP contribution in [0.25, 0.3) is 5.69 Å². The molecule has 13 heavy (non-hydrogen) atoms. The minimum atomic E-state index is 0.716. The average Bonchev–Trinajstić information content (AvgIpc) is 2.71. The molecule has 0 amide bonds. The van der Waals surface area contributed by atoms with Gasteiger partial charge in [-0.15, -0.1) is 0 Å². The first-order valence-electron chi connectivity index (χ1n) is 3.96. The minimum Gasteiger partial charge on any atom is -0.496 e. The van der Waals surface area contributed by atoms with Gasteiger partial charge in [0.25, 0.3) is 0 Å². The van der Waals surface area contributed by atoms with Crippen molar-refractivity contribution in [2.24, 2.45) is 0 Å². The van der Waals surface area contributed by atoms with Crippen molar-refractivity contribution in [1.29, 1.82) is 0 Å². The van der Waals surface area contributed by atoms with Crippen LogP contribution in [0.5, 0.6) is 5.75 Å².